The summed E-state index contributed by atoms with van der Waals surface area (Å²) in [5, 5.41) is 3.77. The third kappa shape index (κ3) is 4.87. The van der Waals surface area contributed by atoms with Crippen LogP contribution in [-0.2, 0) is 0 Å². The molecule has 0 spiro atoms. The third-order valence-corrected chi connectivity index (χ3v) is 4.47. The van der Waals surface area contributed by atoms with E-state index in [1.165, 1.54) is 6.42 Å². The van der Waals surface area contributed by atoms with Gasteiger partial charge in [0.15, 0.2) is 0 Å². The summed E-state index contributed by atoms with van der Waals surface area (Å²) in [6, 6.07) is 0.453. The molecule has 1 aromatic rings. The topological polar surface area (TPSA) is 53.9 Å². The number of aryl methyl sites for hydroxylation is 2. The van der Waals surface area contributed by atoms with Gasteiger partial charge < -0.3 is 10.2 Å². The Kier molecular flexibility index (Phi) is 5.29. The van der Waals surface area contributed by atoms with Gasteiger partial charge >= 0.3 is 0 Å². The molecule has 0 saturated carbocycles. The molecule has 1 N–H and O–H groups in total. The molecular formula is C18H33N5. The fraction of sp³-hybridized carbons (Fsp3) is 0.833. The summed E-state index contributed by atoms with van der Waals surface area (Å²) in [5.74, 6) is 2.46. The zero-order valence-corrected chi connectivity index (χ0v) is 15.9. The van der Waals surface area contributed by atoms with E-state index in [1.807, 2.05) is 13.8 Å². The number of hydrogen-bond donors (Lipinski definition) is 1. The Labute approximate surface area is 141 Å². The highest BCUT2D eigenvalue weighted by molar-refractivity contribution is 5.33. The van der Waals surface area contributed by atoms with Gasteiger partial charge in [-0.05, 0) is 60.8 Å². The van der Waals surface area contributed by atoms with E-state index in [1.54, 1.807) is 0 Å². The quantitative estimate of drug-likeness (QED) is 0.901. The number of anilines is 1. The summed E-state index contributed by atoms with van der Waals surface area (Å²) >= 11 is 0. The predicted molar refractivity (Wildman–Crippen MR) is 95.9 cm³/mol. The van der Waals surface area contributed by atoms with Gasteiger partial charge in [0.1, 0.15) is 11.6 Å². The van der Waals surface area contributed by atoms with E-state index in [0.29, 0.717) is 6.04 Å². The van der Waals surface area contributed by atoms with Crippen molar-refractivity contribution in [3.8, 4) is 0 Å². The molecule has 0 atom stereocenters. The van der Waals surface area contributed by atoms with Gasteiger partial charge in [0.2, 0.25) is 5.95 Å². The van der Waals surface area contributed by atoms with E-state index < -0.39 is 0 Å². The van der Waals surface area contributed by atoms with Crippen LogP contribution in [0.25, 0.3) is 0 Å². The predicted octanol–water partition coefficient (Wildman–Crippen LogP) is 3.40. The summed E-state index contributed by atoms with van der Waals surface area (Å²) in [6.45, 7) is 16.3. The maximum absolute atomic E-state index is 4.64. The van der Waals surface area contributed by atoms with Crippen LogP contribution in [0.5, 0.6) is 0 Å². The van der Waals surface area contributed by atoms with Crippen molar-refractivity contribution in [1.29, 1.82) is 0 Å². The number of unbranched alkanes of at least 4 members (excludes halogenated alkanes) is 1. The molecule has 1 aliphatic rings. The van der Waals surface area contributed by atoms with Crippen molar-refractivity contribution in [1.82, 2.24) is 20.3 Å². The van der Waals surface area contributed by atoms with Crippen LogP contribution >= 0.6 is 0 Å². The van der Waals surface area contributed by atoms with Gasteiger partial charge in [0, 0.05) is 23.7 Å². The molecule has 2 rings (SSSR count). The molecule has 0 radical (unpaired) electrons. The van der Waals surface area contributed by atoms with E-state index in [-0.39, 0.29) is 11.1 Å². The van der Waals surface area contributed by atoms with Crippen LogP contribution in [0.1, 0.15) is 72.0 Å². The molecule has 1 saturated heterocycles. The van der Waals surface area contributed by atoms with Crippen LogP contribution < -0.4 is 10.2 Å². The van der Waals surface area contributed by atoms with Crippen molar-refractivity contribution >= 4 is 5.95 Å². The lowest BCUT2D eigenvalue weighted by Gasteiger charge is -2.49. The second-order valence-corrected chi connectivity index (χ2v) is 8.23. The smallest absolute Gasteiger partial charge is 0.229 e. The first kappa shape index (κ1) is 18.1. The molecular weight excluding hydrogens is 286 g/mol. The largest absolute Gasteiger partial charge is 0.338 e. The number of hydrogen-bond acceptors (Lipinski definition) is 5. The van der Waals surface area contributed by atoms with E-state index in [2.05, 4.69) is 59.8 Å². The normalized spacial score (nSPS) is 20.5. The minimum atomic E-state index is 0.119. The first-order valence-corrected chi connectivity index (χ1v) is 8.87. The molecule has 0 aliphatic carbocycles. The number of rotatable bonds is 5. The van der Waals surface area contributed by atoms with E-state index in [4.69, 9.17) is 0 Å². The third-order valence-electron chi connectivity index (χ3n) is 4.47. The molecule has 0 bridgehead atoms. The molecule has 0 aromatic carbocycles. The van der Waals surface area contributed by atoms with Crippen LogP contribution in [0.15, 0.2) is 0 Å². The van der Waals surface area contributed by atoms with Crippen LogP contribution in [-0.4, -0.2) is 38.6 Å². The molecule has 1 aliphatic heterocycles. The number of nitrogens with zero attached hydrogens (tertiary/aromatic N) is 4. The second kappa shape index (κ2) is 6.71. The minimum absolute atomic E-state index is 0.119. The Bertz CT molecular complexity index is 502. The highest BCUT2D eigenvalue weighted by Gasteiger charge is 2.40. The first-order chi connectivity index (χ1) is 10.6. The van der Waals surface area contributed by atoms with Crippen LogP contribution in [0.4, 0.5) is 5.95 Å². The summed E-state index contributed by atoms with van der Waals surface area (Å²) in [6.07, 6.45) is 4.54. The second-order valence-electron chi connectivity index (χ2n) is 8.23. The molecule has 0 amide bonds. The molecule has 2 heterocycles. The van der Waals surface area contributed by atoms with Crippen molar-refractivity contribution in [2.75, 3.05) is 11.4 Å². The van der Waals surface area contributed by atoms with Crippen molar-refractivity contribution < 1.29 is 0 Å². The summed E-state index contributed by atoms with van der Waals surface area (Å²) in [5.41, 5.74) is 0.238. The molecule has 23 heavy (non-hydrogen) atoms. The standard InChI is InChI=1S/C18H33N5/c1-8-9-10-23(16-20-13(2)19-14(3)21-16)15-11-17(4,5)22-18(6,7)12-15/h15,22H,8-12H2,1-7H3. The van der Waals surface area contributed by atoms with Crippen molar-refractivity contribution in [3.05, 3.63) is 11.6 Å². The summed E-state index contributed by atoms with van der Waals surface area (Å²) in [4.78, 5) is 16.0. The monoisotopic (exact) mass is 319 g/mol. The zero-order chi connectivity index (χ0) is 17.3. The van der Waals surface area contributed by atoms with Gasteiger partial charge in [-0.1, -0.05) is 13.3 Å². The van der Waals surface area contributed by atoms with Crippen molar-refractivity contribution in [2.24, 2.45) is 0 Å². The number of nitrogens with one attached hydrogen (secondary N) is 1. The van der Waals surface area contributed by atoms with Gasteiger partial charge in [0.05, 0.1) is 0 Å². The van der Waals surface area contributed by atoms with Crippen LogP contribution in [0.2, 0.25) is 0 Å². The Balaban J connectivity index is 2.33. The maximum Gasteiger partial charge on any atom is 0.229 e. The number of aromatic nitrogens is 3. The highest BCUT2D eigenvalue weighted by Crippen LogP contribution is 2.33. The van der Waals surface area contributed by atoms with E-state index in [9.17, 15) is 0 Å². The molecule has 0 unspecified atom stereocenters. The van der Waals surface area contributed by atoms with Crippen molar-refractivity contribution in [2.45, 2.75) is 91.3 Å². The minimum Gasteiger partial charge on any atom is -0.338 e. The Hall–Kier alpha value is -1.23. The van der Waals surface area contributed by atoms with Crippen LogP contribution in [0.3, 0.4) is 0 Å². The average molecular weight is 319 g/mol. The highest BCUT2D eigenvalue weighted by atomic mass is 15.3. The first-order valence-electron chi connectivity index (χ1n) is 8.87. The molecule has 1 fully saturated rings. The van der Waals surface area contributed by atoms with Gasteiger partial charge in [-0.15, -0.1) is 0 Å². The lowest BCUT2D eigenvalue weighted by Crippen LogP contribution is -2.62. The van der Waals surface area contributed by atoms with E-state index >= 15 is 0 Å². The lowest BCUT2D eigenvalue weighted by atomic mass is 9.79. The molecule has 1 aromatic heterocycles. The van der Waals surface area contributed by atoms with Crippen LogP contribution in [0, 0.1) is 13.8 Å². The summed E-state index contributed by atoms with van der Waals surface area (Å²) in [7, 11) is 0. The molecule has 5 heteroatoms. The fourth-order valence-electron chi connectivity index (χ4n) is 3.99. The molecule has 130 valence electrons. The SMILES string of the molecule is CCCCN(c1nc(C)nc(C)n1)C1CC(C)(C)NC(C)(C)C1. The van der Waals surface area contributed by atoms with E-state index in [0.717, 1.165) is 43.4 Å². The van der Waals surface area contributed by atoms with Gasteiger partial charge in [-0.3, -0.25) is 0 Å². The Morgan fingerprint density at radius 3 is 2.00 bits per heavy atom. The Morgan fingerprint density at radius 2 is 1.52 bits per heavy atom. The van der Waals surface area contributed by atoms with Gasteiger partial charge in [0.25, 0.3) is 0 Å². The Morgan fingerprint density at radius 1 is 1.00 bits per heavy atom. The van der Waals surface area contributed by atoms with Crippen molar-refractivity contribution in [3.63, 3.8) is 0 Å². The molecule has 5 nitrogen and oxygen atoms in total. The fourth-order valence-corrected chi connectivity index (χ4v) is 3.99. The van der Waals surface area contributed by atoms with Gasteiger partial charge in [-0.2, -0.15) is 9.97 Å². The number of piperidine rings is 1. The maximum atomic E-state index is 4.64. The zero-order valence-electron chi connectivity index (χ0n) is 15.9. The lowest BCUT2D eigenvalue weighted by molar-refractivity contribution is 0.157. The van der Waals surface area contributed by atoms with Gasteiger partial charge in [-0.25, -0.2) is 4.98 Å². The average Bonchev–Trinajstić information content (AvgIpc) is 2.34. The summed E-state index contributed by atoms with van der Waals surface area (Å²) < 4.78 is 0.